The van der Waals surface area contributed by atoms with E-state index in [1.165, 1.54) is 49.7 Å². The van der Waals surface area contributed by atoms with Crippen LogP contribution in [-0.4, -0.2) is 11.8 Å². The Bertz CT molecular complexity index is 906. The van der Waals surface area contributed by atoms with Crippen LogP contribution >= 0.6 is 0 Å². The zero-order chi connectivity index (χ0) is 23.2. The standard InChI is InChI=1S/C29H38N2O2/c1-20-17-22(13-15-26(20)30-28(32)24-9-5-3-6-10-24)19-23-14-16-27(21(2)18-23)31-29(33)25-11-7-4-8-12-25/h13-18,24-25H,3-12,19H2,1-2H3,(H,30,32)(H,31,33). The molecule has 0 atom stereocenters. The van der Waals surface area contributed by atoms with Crippen LogP contribution in [0.5, 0.6) is 0 Å². The van der Waals surface area contributed by atoms with Crippen LogP contribution < -0.4 is 10.6 Å². The minimum Gasteiger partial charge on any atom is -0.326 e. The number of benzene rings is 2. The maximum atomic E-state index is 12.6. The van der Waals surface area contributed by atoms with Crippen molar-refractivity contribution < 1.29 is 9.59 Å². The van der Waals surface area contributed by atoms with Gasteiger partial charge in [0.1, 0.15) is 0 Å². The van der Waals surface area contributed by atoms with Gasteiger partial charge in [-0.25, -0.2) is 0 Å². The second-order valence-corrected chi connectivity index (χ2v) is 10.1. The van der Waals surface area contributed by atoms with Crippen molar-refractivity contribution in [1.82, 2.24) is 0 Å². The molecule has 2 N–H and O–H groups in total. The van der Waals surface area contributed by atoms with Gasteiger partial charge in [0.05, 0.1) is 0 Å². The summed E-state index contributed by atoms with van der Waals surface area (Å²) >= 11 is 0. The summed E-state index contributed by atoms with van der Waals surface area (Å²) in [6.07, 6.45) is 12.1. The van der Waals surface area contributed by atoms with Crippen LogP contribution in [-0.2, 0) is 16.0 Å². The van der Waals surface area contributed by atoms with Crippen molar-refractivity contribution in [2.75, 3.05) is 10.6 Å². The first-order chi connectivity index (χ1) is 16.0. The van der Waals surface area contributed by atoms with Gasteiger partial charge in [0.25, 0.3) is 0 Å². The highest BCUT2D eigenvalue weighted by Crippen LogP contribution is 2.28. The van der Waals surface area contributed by atoms with E-state index >= 15 is 0 Å². The summed E-state index contributed by atoms with van der Waals surface area (Å²) < 4.78 is 0. The van der Waals surface area contributed by atoms with Crippen molar-refractivity contribution in [2.24, 2.45) is 11.8 Å². The number of rotatable bonds is 6. The van der Waals surface area contributed by atoms with Crippen molar-refractivity contribution in [3.63, 3.8) is 0 Å². The highest BCUT2D eigenvalue weighted by Gasteiger charge is 2.22. The van der Waals surface area contributed by atoms with E-state index < -0.39 is 0 Å². The Morgan fingerprint density at radius 2 is 1.06 bits per heavy atom. The molecule has 2 aliphatic rings. The van der Waals surface area contributed by atoms with Gasteiger partial charge < -0.3 is 10.6 Å². The third-order valence-electron chi connectivity index (χ3n) is 7.46. The first-order valence-corrected chi connectivity index (χ1v) is 12.8. The Morgan fingerprint density at radius 1 is 0.667 bits per heavy atom. The van der Waals surface area contributed by atoms with Gasteiger partial charge in [-0.3, -0.25) is 9.59 Å². The van der Waals surface area contributed by atoms with Crippen LogP contribution in [0.15, 0.2) is 36.4 Å². The highest BCUT2D eigenvalue weighted by atomic mass is 16.2. The number of carbonyl (C=O) groups excluding carboxylic acids is 2. The molecule has 2 saturated carbocycles. The van der Waals surface area contributed by atoms with Crippen molar-refractivity contribution in [3.8, 4) is 0 Å². The average Bonchev–Trinajstić information content (AvgIpc) is 2.83. The van der Waals surface area contributed by atoms with Gasteiger partial charge in [-0.1, -0.05) is 62.8 Å². The SMILES string of the molecule is Cc1cc(Cc2ccc(NC(=O)C3CCCCC3)c(C)c2)ccc1NC(=O)C1CCCCC1. The molecule has 2 aliphatic carbocycles. The maximum absolute atomic E-state index is 12.6. The van der Waals surface area contributed by atoms with E-state index in [-0.39, 0.29) is 23.7 Å². The molecule has 0 aromatic heterocycles. The summed E-state index contributed by atoms with van der Waals surface area (Å²) in [7, 11) is 0. The molecule has 4 nitrogen and oxygen atoms in total. The van der Waals surface area contributed by atoms with Gasteiger partial charge >= 0.3 is 0 Å². The lowest BCUT2D eigenvalue weighted by Gasteiger charge is -2.21. The van der Waals surface area contributed by atoms with Gasteiger partial charge in [-0.2, -0.15) is 0 Å². The molecule has 0 heterocycles. The lowest BCUT2D eigenvalue weighted by Crippen LogP contribution is -2.25. The van der Waals surface area contributed by atoms with E-state index in [0.29, 0.717) is 0 Å². The van der Waals surface area contributed by atoms with E-state index in [9.17, 15) is 9.59 Å². The molecular formula is C29H38N2O2. The van der Waals surface area contributed by atoms with Crippen molar-refractivity contribution >= 4 is 23.2 Å². The zero-order valence-electron chi connectivity index (χ0n) is 20.2. The summed E-state index contributed by atoms with van der Waals surface area (Å²) in [5.74, 6) is 0.676. The number of aryl methyl sites for hydroxylation is 2. The smallest absolute Gasteiger partial charge is 0.227 e. The Hall–Kier alpha value is -2.62. The second kappa shape index (κ2) is 11.0. The van der Waals surface area contributed by atoms with E-state index in [4.69, 9.17) is 0 Å². The largest absolute Gasteiger partial charge is 0.326 e. The van der Waals surface area contributed by atoms with Gasteiger partial charge in [-0.05, 0) is 80.3 Å². The molecule has 2 fully saturated rings. The monoisotopic (exact) mass is 446 g/mol. The predicted octanol–water partition coefficient (Wildman–Crippen LogP) is 6.93. The van der Waals surface area contributed by atoms with Crippen LogP contribution in [0.4, 0.5) is 11.4 Å². The number of carbonyl (C=O) groups is 2. The minimum absolute atomic E-state index is 0.165. The van der Waals surface area contributed by atoms with Crippen LogP contribution in [0.2, 0.25) is 0 Å². The molecule has 2 aromatic carbocycles. The van der Waals surface area contributed by atoms with Crippen LogP contribution in [0.1, 0.15) is 86.5 Å². The topological polar surface area (TPSA) is 58.2 Å². The number of anilines is 2. The normalized spacial score (nSPS) is 17.5. The lowest BCUT2D eigenvalue weighted by atomic mass is 9.88. The average molecular weight is 447 g/mol. The van der Waals surface area contributed by atoms with Gasteiger partial charge in [0.2, 0.25) is 11.8 Å². The quantitative estimate of drug-likeness (QED) is 0.505. The van der Waals surface area contributed by atoms with Crippen molar-refractivity contribution in [3.05, 3.63) is 58.7 Å². The molecule has 0 unspecified atom stereocenters. The van der Waals surface area contributed by atoms with Crippen molar-refractivity contribution in [2.45, 2.75) is 84.5 Å². The molecule has 4 heteroatoms. The number of amides is 2. The number of nitrogens with one attached hydrogen (secondary N) is 2. The third kappa shape index (κ3) is 6.25. The Morgan fingerprint density at radius 3 is 1.42 bits per heavy atom. The van der Waals surface area contributed by atoms with E-state index in [2.05, 4.69) is 48.7 Å². The molecule has 176 valence electrons. The van der Waals surface area contributed by atoms with Crippen molar-refractivity contribution in [1.29, 1.82) is 0 Å². The molecule has 0 saturated heterocycles. The minimum atomic E-state index is 0.165. The number of hydrogen-bond acceptors (Lipinski definition) is 2. The van der Waals surface area contributed by atoms with Gasteiger partial charge in [0.15, 0.2) is 0 Å². The highest BCUT2D eigenvalue weighted by molar-refractivity contribution is 5.94. The molecule has 0 radical (unpaired) electrons. The molecule has 33 heavy (non-hydrogen) atoms. The zero-order valence-corrected chi connectivity index (χ0v) is 20.2. The summed E-state index contributed by atoms with van der Waals surface area (Å²) in [5.41, 5.74) is 6.50. The van der Waals surface area contributed by atoms with E-state index in [1.54, 1.807) is 0 Å². The predicted molar refractivity (Wildman–Crippen MR) is 136 cm³/mol. The van der Waals surface area contributed by atoms with Gasteiger partial charge in [-0.15, -0.1) is 0 Å². The fraction of sp³-hybridized carbons (Fsp3) is 0.517. The van der Waals surface area contributed by atoms with E-state index in [0.717, 1.165) is 54.6 Å². The Labute approximate surface area is 198 Å². The molecule has 2 amide bonds. The molecular weight excluding hydrogens is 408 g/mol. The van der Waals surface area contributed by atoms with Crippen LogP contribution in [0.3, 0.4) is 0 Å². The maximum Gasteiger partial charge on any atom is 0.227 e. The molecule has 0 bridgehead atoms. The lowest BCUT2D eigenvalue weighted by molar-refractivity contribution is -0.121. The molecule has 0 spiro atoms. The molecule has 2 aromatic rings. The second-order valence-electron chi connectivity index (χ2n) is 10.1. The third-order valence-corrected chi connectivity index (χ3v) is 7.46. The first-order valence-electron chi connectivity index (χ1n) is 12.8. The van der Waals surface area contributed by atoms with Crippen LogP contribution in [0, 0.1) is 25.7 Å². The molecule has 4 rings (SSSR count). The van der Waals surface area contributed by atoms with Crippen LogP contribution in [0.25, 0.3) is 0 Å². The van der Waals surface area contributed by atoms with Gasteiger partial charge in [0, 0.05) is 23.2 Å². The summed E-state index contributed by atoms with van der Waals surface area (Å²) in [4.78, 5) is 25.2. The summed E-state index contributed by atoms with van der Waals surface area (Å²) in [5, 5.41) is 6.31. The summed E-state index contributed by atoms with van der Waals surface area (Å²) in [6, 6.07) is 12.6. The Balaban J connectivity index is 1.36. The number of hydrogen-bond donors (Lipinski definition) is 2. The molecule has 0 aliphatic heterocycles. The fourth-order valence-electron chi connectivity index (χ4n) is 5.39. The first kappa shape index (κ1) is 23.5. The van der Waals surface area contributed by atoms with E-state index in [1.807, 2.05) is 12.1 Å². The fourth-order valence-corrected chi connectivity index (χ4v) is 5.39. The Kier molecular flexibility index (Phi) is 7.85. The summed E-state index contributed by atoms with van der Waals surface area (Å²) in [6.45, 7) is 4.13.